The van der Waals surface area contributed by atoms with Crippen molar-refractivity contribution < 1.29 is 4.74 Å². The average Bonchev–Trinajstić information content (AvgIpc) is 2.45. The summed E-state index contributed by atoms with van der Waals surface area (Å²) in [5, 5.41) is 3.79. The summed E-state index contributed by atoms with van der Waals surface area (Å²) < 4.78 is 5.29. The minimum Gasteiger partial charge on any atom is -0.383 e. The molecule has 1 rings (SSSR count). The normalized spacial score (nSPS) is 28.7. The maximum atomic E-state index is 5.29. The topological polar surface area (TPSA) is 21.3 Å². The molecule has 0 spiro atoms. The van der Waals surface area contributed by atoms with Gasteiger partial charge in [-0.2, -0.15) is 0 Å². The second-order valence-corrected chi connectivity index (χ2v) is 5.42. The van der Waals surface area contributed by atoms with Crippen LogP contribution >= 0.6 is 0 Å². The highest BCUT2D eigenvalue weighted by Gasteiger charge is 2.18. The molecule has 0 radical (unpaired) electrons. The van der Waals surface area contributed by atoms with E-state index in [2.05, 4.69) is 19.2 Å². The molecule has 0 heterocycles. The van der Waals surface area contributed by atoms with Crippen LogP contribution in [0.4, 0.5) is 0 Å². The van der Waals surface area contributed by atoms with E-state index in [1.807, 2.05) is 0 Å². The molecule has 0 aromatic carbocycles. The first-order chi connectivity index (χ1) is 7.76. The Hall–Kier alpha value is -0.0800. The number of ether oxygens (including phenoxy) is 1. The van der Waals surface area contributed by atoms with Crippen LogP contribution in [-0.2, 0) is 4.74 Å². The minimum absolute atomic E-state index is 0.563. The number of nitrogens with one attached hydrogen (secondary N) is 1. The Kier molecular flexibility index (Phi) is 7.06. The molecule has 2 heteroatoms. The average molecular weight is 227 g/mol. The van der Waals surface area contributed by atoms with Gasteiger partial charge < -0.3 is 10.1 Å². The summed E-state index contributed by atoms with van der Waals surface area (Å²) in [5.74, 6) is 0.929. The van der Waals surface area contributed by atoms with Crippen molar-refractivity contribution in [1.82, 2.24) is 5.32 Å². The zero-order valence-corrected chi connectivity index (χ0v) is 11.3. The van der Waals surface area contributed by atoms with Gasteiger partial charge in [-0.1, -0.05) is 33.1 Å². The fourth-order valence-electron chi connectivity index (χ4n) is 2.75. The molecule has 0 bridgehead atoms. The van der Waals surface area contributed by atoms with Crippen LogP contribution in [0, 0.1) is 5.92 Å². The van der Waals surface area contributed by atoms with E-state index < -0.39 is 0 Å². The fourth-order valence-corrected chi connectivity index (χ4v) is 2.75. The number of hydrogen-bond acceptors (Lipinski definition) is 2. The number of rotatable bonds is 6. The van der Waals surface area contributed by atoms with Crippen molar-refractivity contribution in [2.24, 2.45) is 5.92 Å². The maximum Gasteiger partial charge on any atom is 0.0615 e. The van der Waals surface area contributed by atoms with E-state index in [1.54, 1.807) is 7.11 Å². The van der Waals surface area contributed by atoms with Gasteiger partial charge in [-0.05, 0) is 31.6 Å². The lowest BCUT2D eigenvalue weighted by Gasteiger charge is -2.24. The van der Waals surface area contributed by atoms with Crippen LogP contribution in [0.25, 0.3) is 0 Å². The zero-order valence-electron chi connectivity index (χ0n) is 11.3. The predicted octanol–water partition coefficient (Wildman–Crippen LogP) is 3.36. The van der Waals surface area contributed by atoms with E-state index in [-0.39, 0.29) is 0 Å². The van der Waals surface area contributed by atoms with Crippen LogP contribution in [-0.4, -0.2) is 25.8 Å². The van der Waals surface area contributed by atoms with Gasteiger partial charge in [-0.3, -0.25) is 0 Å². The van der Waals surface area contributed by atoms with E-state index >= 15 is 0 Å². The van der Waals surface area contributed by atoms with Gasteiger partial charge in [0.25, 0.3) is 0 Å². The predicted molar refractivity (Wildman–Crippen MR) is 69.7 cm³/mol. The van der Waals surface area contributed by atoms with Crippen LogP contribution in [0.3, 0.4) is 0 Å². The van der Waals surface area contributed by atoms with Crippen LogP contribution < -0.4 is 5.32 Å². The zero-order chi connectivity index (χ0) is 11.8. The van der Waals surface area contributed by atoms with Crippen molar-refractivity contribution in [2.45, 2.75) is 70.9 Å². The molecule has 1 fully saturated rings. The Bertz CT molecular complexity index is 166. The van der Waals surface area contributed by atoms with E-state index in [4.69, 9.17) is 4.74 Å². The van der Waals surface area contributed by atoms with Gasteiger partial charge in [0.05, 0.1) is 6.61 Å². The summed E-state index contributed by atoms with van der Waals surface area (Å²) in [6, 6.07) is 1.30. The molecule has 1 N–H and O–H groups in total. The smallest absolute Gasteiger partial charge is 0.0615 e. The Morgan fingerprint density at radius 1 is 1.25 bits per heavy atom. The summed E-state index contributed by atoms with van der Waals surface area (Å²) in [7, 11) is 1.81. The maximum absolute atomic E-state index is 5.29. The van der Waals surface area contributed by atoms with E-state index in [1.165, 1.54) is 44.9 Å². The fraction of sp³-hybridized carbons (Fsp3) is 1.00. The molecule has 2 nitrogen and oxygen atoms in total. The summed E-state index contributed by atoms with van der Waals surface area (Å²) in [6.45, 7) is 5.50. The molecule has 3 unspecified atom stereocenters. The Labute approximate surface area is 101 Å². The third-order valence-electron chi connectivity index (χ3n) is 3.73. The van der Waals surface area contributed by atoms with Crippen molar-refractivity contribution in [3.8, 4) is 0 Å². The molecule has 0 saturated heterocycles. The Morgan fingerprint density at radius 2 is 2.06 bits per heavy atom. The highest BCUT2D eigenvalue weighted by Crippen LogP contribution is 2.23. The molecule has 0 amide bonds. The van der Waals surface area contributed by atoms with Gasteiger partial charge in [0, 0.05) is 19.2 Å². The van der Waals surface area contributed by atoms with Gasteiger partial charge in [-0.25, -0.2) is 0 Å². The Balaban J connectivity index is 2.31. The lowest BCUT2D eigenvalue weighted by Crippen LogP contribution is -2.40. The molecule has 1 saturated carbocycles. The van der Waals surface area contributed by atoms with Crippen LogP contribution in [0.1, 0.15) is 58.8 Å². The molecular formula is C14H29NO. The lowest BCUT2D eigenvalue weighted by molar-refractivity contribution is 0.154. The lowest BCUT2D eigenvalue weighted by atomic mass is 10.0. The van der Waals surface area contributed by atoms with Crippen molar-refractivity contribution in [3.63, 3.8) is 0 Å². The van der Waals surface area contributed by atoms with Crippen LogP contribution in [0.2, 0.25) is 0 Å². The molecule has 16 heavy (non-hydrogen) atoms. The van der Waals surface area contributed by atoms with Crippen molar-refractivity contribution >= 4 is 0 Å². The minimum atomic E-state index is 0.563. The van der Waals surface area contributed by atoms with Crippen molar-refractivity contribution in [3.05, 3.63) is 0 Å². The Morgan fingerprint density at radius 3 is 2.75 bits per heavy atom. The standard InChI is InChI=1S/C14H29NO/c1-4-6-14(11-16-3)15-13-8-5-7-12(2)9-10-13/h12-15H,4-11H2,1-3H3. The SMILES string of the molecule is CCCC(COC)NC1CCCC(C)CC1. The molecule has 0 aromatic rings. The highest BCUT2D eigenvalue weighted by molar-refractivity contribution is 4.77. The van der Waals surface area contributed by atoms with E-state index in [0.29, 0.717) is 6.04 Å². The molecule has 3 atom stereocenters. The number of hydrogen-bond donors (Lipinski definition) is 1. The molecule has 0 aliphatic heterocycles. The van der Waals surface area contributed by atoms with Gasteiger partial charge >= 0.3 is 0 Å². The van der Waals surface area contributed by atoms with Gasteiger partial charge in [0.15, 0.2) is 0 Å². The van der Waals surface area contributed by atoms with Crippen LogP contribution in [0.15, 0.2) is 0 Å². The summed E-state index contributed by atoms with van der Waals surface area (Å²) in [5.41, 5.74) is 0. The first-order valence-electron chi connectivity index (χ1n) is 7.01. The third kappa shape index (κ3) is 5.31. The van der Waals surface area contributed by atoms with Gasteiger partial charge in [0.2, 0.25) is 0 Å². The highest BCUT2D eigenvalue weighted by atomic mass is 16.5. The van der Waals surface area contributed by atoms with Gasteiger partial charge in [0.1, 0.15) is 0 Å². The van der Waals surface area contributed by atoms with E-state index in [0.717, 1.165) is 18.6 Å². The summed E-state index contributed by atoms with van der Waals surface area (Å²) in [6.07, 6.45) is 9.39. The third-order valence-corrected chi connectivity index (χ3v) is 3.73. The second-order valence-electron chi connectivity index (χ2n) is 5.42. The van der Waals surface area contributed by atoms with Crippen LogP contribution in [0.5, 0.6) is 0 Å². The quantitative estimate of drug-likeness (QED) is 0.703. The summed E-state index contributed by atoms with van der Waals surface area (Å²) in [4.78, 5) is 0. The van der Waals surface area contributed by atoms with Gasteiger partial charge in [-0.15, -0.1) is 0 Å². The first kappa shape index (κ1) is 14.0. The molecule has 96 valence electrons. The molecule has 0 aromatic heterocycles. The second kappa shape index (κ2) is 8.08. The van der Waals surface area contributed by atoms with Crippen molar-refractivity contribution in [2.75, 3.05) is 13.7 Å². The van der Waals surface area contributed by atoms with E-state index in [9.17, 15) is 0 Å². The first-order valence-corrected chi connectivity index (χ1v) is 7.01. The largest absolute Gasteiger partial charge is 0.383 e. The molecule has 1 aliphatic carbocycles. The summed E-state index contributed by atoms with van der Waals surface area (Å²) >= 11 is 0. The van der Waals surface area contributed by atoms with Crippen molar-refractivity contribution in [1.29, 1.82) is 0 Å². The number of methoxy groups -OCH3 is 1. The molecular weight excluding hydrogens is 198 g/mol. The molecule has 1 aliphatic rings. The monoisotopic (exact) mass is 227 g/mol.